The Hall–Kier alpha value is -6.38. The first-order valence-corrected chi connectivity index (χ1v) is 16.5. The van der Waals surface area contributed by atoms with E-state index in [4.69, 9.17) is 0 Å². The highest BCUT2D eigenvalue weighted by atomic mass is 15.1. The van der Waals surface area contributed by atoms with Crippen LogP contribution < -0.4 is 4.90 Å². The number of anilines is 3. The van der Waals surface area contributed by atoms with E-state index < -0.39 is 0 Å². The van der Waals surface area contributed by atoms with Crippen molar-refractivity contribution in [2.75, 3.05) is 4.90 Å². The van der Waals surface area contributed by atoms with Crippen LogP contribution in [-0.2, 0) is 0 Å². The van der Waals surface area contributed by atoms with Crippen LogP contribution in [-0.4, -0.2) is 4.57 Å². The zero-order valence-corrected chi connectivity index (χ0v) is 26.4. The Morgan fingerprint density at radius 2 is 0.958 bits per heavy atom. The summed E-state index contributed by atoms with van der Waals surface area (Å²) >= 11 is 0. The summed E-state index contributed by atoms with van der Waals surface area (Å²) in [5.74, 6) is 0. The van der Waals surface area contributed by atoms with Gasteiger partial charge < -0.3 is 9.47 Å². The molecule has 0 spiro atoms. The van der Waals surface area contributed by atoms with Crippen LogP contribution in [0.25, 0.3) is 60.5 Å². The van der Waals surface area contributed by atoms with Gasteiger partial charge in [0, 0.05) is 33.1 Å². The summed E-state index contributed by atoms with van der Waals surface area (Å²) in [6, 6.07) is 69.9. The standard InChI is InChI=1S/C46H32N2/c1-4-16-33(17-5-1)38-25-12-13-27-42(38)48(43-28-14-21-34-20-10-11-24-39(34)43)37-30-31-44-41(32-37)46-40(35-18-6-2-7-19-35)26-15-29-45(46)47(44)36-22-8-3-9-23-36/h1-32H. The predicted molar refractivity (Wildman–Crippen MR) is 204 cm³/mol. The molecule has 0 amide bonds. The summed E-state index contributed by atoms with van der Waals surface area (Å²) in [5.41, 5.74) is 11.7. The Bertz CT molecular complexity index is 2540. The van der Waals surface area contributed by atoms with Gasteiger partial charge in [-0.05, 0) is 70.6 Å². The van der Waals surface area contributed by atoms with Gasteiger partial charge in [-0.2, -0.15) is 0 Å². The molecular weight excluding hydrogens is 581 g/mol. The number of aromatic nitrogens is 1. The van der Waals surface area contributed by atoms with Gasteiger partial charge in [0.2, 0.25) is 0 Å². The molecule has 9 rings (SSSR count). The zero-order chi connectivity index (χ0) is 31.9. The lowest BCUT2D eigenvalue weighted by Crippen LogP contribution is -2.11. The van der Waals surface area contributed by atoms with E-state index in [2.05, 4.69) is 204 Å². The van der Waals surface area contributed by atoms with E-state index in [9.17, 15) is 0 Å². The highest BCUT2D eigenvalue weighted by Crippen LogP contribution is 2.46. The fraction of sp³-hybridized carbons (Fsp3) is 0. The maximum atomic E-state index is 2.45. The minimum absolute atomic E-state index is 1.11. The van der Waals surface area contributed by atoms with Crippen LogP contribution in [0.5, 0.6) is 0 Å². The lowest BCUT2D eigenvalue weighted by atomic mass is 9.98. The molecule has 0 saturated carbocycles. The molecule has 0 radical (unpaired) electrons. The molecule has 2 heteroatoms. The molecule has 2 nitrogen and oxygen atoms in total. The molecule has 48 heavy (non-hydrogen) atoms. The van der Waals surface area contributed by atoms with Crippen LogP contribution in [0.1, 0.15) is 0 Å². The second kappa shape index (κ2) is 11.8. The third kappa shape index (κ3) is 4.66. The summed E-state index contributed by atoms with van der Waals surface area (Å²) in [6.45, 7) is 0. The summed E-state index contributed by atoms with van der Waals surface area (Å²) in [5, 5.41) is 4.89. The second-order valence-electron chi connectivity index (χ2n) is 12.2. The first-order valence-electron chi connectivity index (χ1n) is 16.5. The summed E-state index contributed by atoms with van der Waals surface area (Å²) in [6.07, 6.45) is 0. The van der Waals surface area contributed by atoms with E-state index in [1.807, 2.05) is 0 Å². The summed E-state index contributed by atoms with van der Waals surface area (Å²) < 4.78 is 2.40. The third-order valence-corrected chi connectivity index (χ3v) is 9.37. The van der Waals surface area contributed by atoms with Crippen molar-refractivity contribution in [2.24, 2.45) is 0 Å². The topological polar surface area (TPSA) is 8.17 Å². The Labute approximate surface area is 280 Å². The number of fused-ring (bicyclic) bond motifs is 4. The number of benzene rings is 8. The van der Waals surface area contributed by atoms with E-state index in [1.165, 1.54) is 54.8 Å². The van der Waals surface area contributed by atoms with Crippen LogP contribution in [0.4, 0.5) is 17.1 Å². The van der Waals surface area contributed by atoms with Crippen molar-refractivity contribution in [1.82, 2.24) is 4.57 Å². The van der Waals surface area contributed by atoms with Gasteiger partial charge >= 0.3 is 0 Å². The molecule has 1 heterocycles. The minimum Gasteiger partial charge on any atom is -0.309 e. The van der Waals surface area contributed by atoms with Crippen LogP contribution in [0.2, 0.25) is 0 Å². The van der Waals surface area contributed by atoms with Crippen LogP contribution in [0.15, 0.2) is 194 Å². The Morgan fingerprint density at radius 1 is 0.375 bits per heavy atom. The molecule has 0 atom stereocenters. The van der Waals surface area contributed by atoms with Crippen LogP contribution in [0.3, 0.4) is 0 Å². The fourth-order valence-corrected chi connectivity index (χ4v) is 7.25. The van der Waals surface area contributed by atoms with Crippen molar-refractivity contribution in [1.29, 1.82) is 0 Å². The maximum Gasteiger partial charge on any atom is 0.0547 e. The van der Waals surface area contributed by atoms with Gasteiger partial charge in [-0.25, -0.2) is 0 Å². The second-order valence-corrected chi connectivity index (χ2v) is 12.2. The van der Waals surface area contributed by atoms with Gasteiger partial charge in [-0.1, -0.05) is 146 Å². The van der Waals surface area contributed by atoms with Gasteiger partial charge in [-0.15, -0.1) is 0 Å². The van der Waals surface area contributed by atoms with Crippen molar-refractivity contribution >= 4 is 49.6 Å². The van der Waals surface area contributed by atoms with E-state index in [0.717, 1.165) is 22.7 Å². The molecule has 0 aliphatic carbocycles. The SMILES string of the molecule is c1ccc(-c2ccccc2N(c2ccc3c(c2)c2c(-c4ccccc4)cccc2n3-c2ccccc2)c2cccc3ccccc23)cc1. The average molecular weight is 613 g/mol. The first-order chi connectivity index (χ1) is 23.8. The van der Waals surface area contributed by atoms with Crippen molar-refractivity contribution < 1.29 is 0 Å². The van der Waals surface area contributed by atoms with Crippen molar-refractivity contribution in [3.63, 3.8) is 0 Å². The van der Waals surface area contributed by atoms with Crippen molar-refractivity contribution in [3.8, 4) is 27.9 Å². The Balaban J connectivity index is 1.38. The minimum atomic E-state index is 1.11. The highest BCUT2D eigenvalue weighted by molar-refractivity contribution is 6.17. The zero-order valence-electron chi connectivity index (χ0n) is 26.4. The monoisotopic (exact) mass is 612 g/mol. The molecule has 0 N–H and O–H groups in total. The molecule has 226 valence electrons. The molecule has 9 aromatic rings. The molecule has 0 fully saturated rings. The number of hydrogen-bond donors (Lipinski definition) is 0. The summed E-state index contributed by atoms with van der Waals surface area (Å²) in [4.78, 5) is 2.45. The van der Waals surface area contributed by atoms with E-state index in [0.29, 0.717) is 0 Å². The normalized spacial score (nSPS) is 11.3. The number of para-hydroxylation sites is 2. The fourth-order valence-electron chi connectivity index (χ4n) is 7.25. The van der Waals surface area contributed by atoms with Gasteiger partial charge in [-0.3, -0.25) is 0 Å². The maximum absolute atomic E-state index is 2.45. The molecule has 0 bridgehead atoms. The molecule has 0 aliphatic heterocycles. The van der Waals surface area contributed by atoms with Gasteiger partial charge in [0.05, 0.1) is 22.4 Å². The summed E-state index contributed by atoms with van der Waals surface area (Å²) in [7, 11) is 0. The quantitative estimate of drug-likeness (QED) is 0.181. The van der Waals surface area contributed by atoms with Crippen molar-refractivity contribution in [2.45, 2.75) is 0 Å². The molecule has 1 aromatic heterocycles. The predicted octanol–water partition coefficient (Wildman–Crippen LogP) is 12.7. The van der Waals surface area contributed by atoms with E-state index in [1.54, 1.807) is 0 Å². The largest absolute Gasteiger partial charge is 0.309 e. The Morgan fingerprint density at radius 3 is 1.75 bits per heavy atom. The van der Waals surface area contributed by atoms with Gasteiger partial charge in [0.25, 0.3) is 0 Å². The first kappa shape index (κ1) is 27.9. The highest BCUT2D eigenvalue weighted by Gasteiger charge is 2.22. The van der Waals surface area contributed by atoms with Gasteiger partial charge in [0.15, 0.2) is 0 Å². The van der Waals surface area contributed by atoms with Gasteiger partial charge in [0.1, 0.15) is 0 Å². The molecule has 8 aromatic carbocycles. The van der Waals surface area contributed by atoms with E-state index in [-0.39, 0.29) is 0 Å². The van der Waals surface area contributed by atoms with E-state index >= 15 is 0 Å². The average Bonchev–Trinajstić information content (AvgIpc) is 3.50. The third-order valence-electron chi connectivity index (χ3n) is 9.37. The Kier molecular flexibility index (Phi) is 6.84. The van der Waals surface area contributed by atoms with Crippen molar-refractivity contribution in [3.05, 3.63) is 194 Å². The number of nitrogens with zero attached hydrogens (tertiary/aromatic N) is 2. The lowest BCUT2D eigenvalue weighted by Gasteiger charge is -2.29. The number of rotatable bonds is 6. The van der Waals surface area contributed by atoms with Crippen LogP contribution in [0, 0.1) is 0 Å². The lowest BCUT2D eigenvalue weighted by molar-refractivity contribution is 1.18. The number of hydrogen-bond acceptors (Lipinski definition) is 1. The smallest absolute Gasteiger partial charge is 0.0547 e. The van der Waals surface area contributed by atoms with Crippen LogP contribution >= 0.6 is 0 Å². The molecule has 0 unspecified atom stereocenters. The molecule has 0 saturated heterocycles. The molecular formula is C46H32N2. The molecule has 0 aliphatic rings.